The molecule has 1 N–H and O–H groups in total. The highest BCUT2D eigenvalue weighted by atomic mass is 19.1. The van der Waals surface area contributed by atoms with Gasteiger partial charge >= 0.3 is 0 Å². The average Bonchev–Trinajstić information content (AvgIpc) is 3.25. The summed E-state index contributed by atoms with van der Waals surface area (Å²) < 4.78 is 28.6. The summed E-state index contributed by atoms with van der Waals surface area (Å²) in [6.07, 6.45) is 3.60. The van der Waals surface area contributed by atoms with Gasteiger partial charge in [-0.3, -0.25) is 9.69 Å². The lowest BCUT2D eigenvalue weighted by atomic mass is 10.2. The quantitative estimate of drug-likeness (QED) is 0.864. The molecule has 134 valence electrons. The lowest BCUT2D eigenvalue weighted by molar-refractivity contribution is 0.0936. The minimum absolute atomic E-state index is 0.107. The molecule has 3 rings (SSSR count). The first kappa shape index (κ1) is 17.5. The van der Waals surface area contributed by atoms with Crippen LogP contribution in [0.1, 0.15) is 35.8 Å². The maximum absolute atomic E-state index is 13.7. The Kier molecular flexibility index (Phi) is 5.37. The summed E-state index contributed by atoms with van der Waals surface area (Å²) in [5, 5.41) is 10.4. The molecular formula is C17H21F2N5O. The fraction of sp³-hybridized carbons (Fsp3) is 0.471. The second kappa shape index (κ2) is 7.69. The second-order valence-electron chi connectivity index (χ2n) is 6.14. The number of likely N-dealkylation sites (tertiary alicyclic amines) is 1. The Morgan fingerprint density at radius 3 is 2.84 bits per heavy atom. The molecule has 1 atom stereocenters. The van der Waals surface area contributed by atoms with Crippen LogP contribution in [0.4, 0.5) is 8.78 Å². The van der Waals surface area contributed by atoms with E-state index in [-0.39, 0.29) is 23.7 Å². The molecule has 2 heterocycles. The fourth-order valence-corrected chi connectivity index (χ4v) is 3.17. The van der Waals surface area contributed by atoms with Gasteiger partial charge in [-0.15, -0.1) is 5.10 Å². The van der Waals surface area contributed by atoms with Crippen molar-refractivity contribution in [2.45, 2.75) is 32.4 Å². The van der Waals surface area contributed by atoms with Crippen LogP contribution in [-0.4, -0.2) is 51.5 Å². The molecule has 0 saturated carbocycles. The van der Waals surface area contributed by atoms with Crippen molar-refractivity contribution in [1.29, 1.82) is 0 Å². The molecule has 1 aromatic carbocycles. The van der Waals surface area contributed by atoms with Gasteiger partial charge in [0.25, 0.3) is 5.91 Å². The molecule has 1 aliphatic rings. The van der Waals surface area contributed by atoms with Crippen LogP contribution in [0.25, 0.3) is 0 Å². The highest BCUT2D eigenvalue weighted by Crippen LogP contribution is 2.16. The number of carbonyl (C=O) groups is 1. The number of nitrogens with one attached hydrogen (secondary N) is 1. The lowest BCUT2D eigenvalue weighted by Crippen LogP contribution is -2.40. The predicted molar refractivity (Wildman–Crippen MR) is 88.1 cm³/mol. The number of halogens is 2. The summed E-state index contributed by atoms with van der Waals surface area (Å²) in [4.78, 5) is 14.5. The van der Waals surface area contributed by atoms with E-state index in [1.165, 1.54) is 29.1 Å². The molecule has 1 aliphatic heterocycles. The number of carbonyl (C=O) groups excluding carboxylic acids is 1. The highest BCUT2D eigenvalue weighted by molar-refractivity contribution is 5.91. The summed E-state index contributed by atoms with van der Waals surface area (Å²) in [5.74, 6) is -1.63. The van der Waals surface area contributed by atoms with E-state index in [4.69, 9.17) is 0 Å². The largest absolute Gasteiger partial charge is 0.349 e. The maximum atomic E-state index is 13.7. The molecule has 0 bridgehead atoms. The first-order valence-corrected chi connectivity index (χ1v) is 8.43. The SMILES string of the molecule is CCN1CCC[C@@H]1CNC(=O)c1cn(Cc2c(F)cccc2F)nn1. The van der Waals surface area contributed by atoms with E-state index in [0.29, 0.717) is 12.6 Å². The van der Waals surface area contributed by atoms with E-state index >= 15 is 0 Å². The summed E-state index contributed by atoms with van der Waals surface area (Å²) in [6, 6.07) is 4.02. The van der Waals surface area contributed by atoms with Crippen molar-refractivity contribution in [2.24, 2.45) is 0 Å². The number of hydrogen-bond acceptors (Lipinski definition) is 4. The average molecular weight is 349 g/mol. The monoisotopic (exact) mass is 349 g/mol. The standard InChI is InChI=1S/C17H21F2N5O/c1-2-23-8-4-5-12(23)9-20-17(25)16-11-24(22-21-16)10-13-14(18)6-3-7-15(13)19/h3,6-7,11-12H,2,4-5,8-10H2,1H3,(H,20,25)/t12-/m1/s1. The summed E-state index contributed by atoms with van der Waals surface area (Å²) in [5.41, 5.74) is 0.0293. The summed E-state index contributed by atoms with van der Waals surface area (Å²) in [6.45, 7) is 4.56. The number of amides is 1. The van der Waals surface area contributed by atoms with Crippen molar-refractivity contribution in [2.75, 3.05) is 19.6 Å². The zero-order valence-corrected chi connectivity index (χ0v) is 14.1. The molecule has 0 radical (unpaired) electrons. The Balaban J connectivity index is 1.60. The third-order valence-electron chi connectivity index (χ3n) is 4.56. The Hall–Kier alpha value is -2.35. The number of likely N-dealkylation sites (N-methyl/N-ethyl adjacent to an activating group) is 1. The third kappa shape index (κ3) is 4.01. The molecule has 2 aromatic rings. The molecule has 1 saturated heterocycles. The predicted octanol–water partition coefficient (Wildman–Crippen LogP) is 1.82. The van der Waals surface area contributed by atoms with Crippen molar-refractivity contribution in [3.05, 3.63) is 47.3 Å². The molecule has 25 heavy (non-hydrogen) atoms. The van der Waals surface area contributed by atoms with E-state index in [2.05, 4.69) is 27.5 Å². The van der Waals surface area contributed by atoms with E-state index in [1.54, 1.807) is 0 Å². The highest BCUT2D eigenvalue weighted by Gasteiger charge is 2.23. The number of aromatic nitrogens is 3. The number of benzene rings is 1. The van der Waals surface area contributed by atoms with Gasteiger partial charge in [0, 0.05) is 18.2 Å². The minimum atomic E-state index is -0.651. The Morgan fingerprint density at radius 1 is 1.36 bits per heavy atom. The van der Waals surface area contributed by atoms with Crippen LogP contribution >= 0.6 is 0 Å². The molecule has 0 spiro atoms. The number of hydrogen-bond donors (Lipinski definition) is 1. The molecule has 6 nitrogen and oxygen atoms in total. The van der Waals surface area contributed by atoms with Crippen LogP contribution < -0.4 is 5.32 Å². The van der Waals surface area contributed by atoms with Crippen molar-refractivity contribution in [3.63, 3.8) is 0 Å². The first-order valence-electron chi connectivity index (χ1n) is 8.43. The van der Waals surface area contributed by atoms with Gasteiger partial charge in [-0.2, -0.15) is 0 Å². The molecule has 0 aliphatic carbocycles. The van der Waals surface area contributed by atoms with Gasteiger partial charge in [-0.25, -0.2) is 13.5 Å². The van der Waals surface area contributed by atoms with Gasteiger partial charge < -0.3 is 5.32 Å². The fourth-order valence-electron chi connectivity index (χ4n) is 3.17. The van der Waals surface area contributed by atoms with Crippen LogP contribution in [0.5, 0.6) is 0 Å². The zero-order valence-electron chi connectivity index (χ0n) is 14.1. The summed E-state index contributed by atoms with van der Waals surface area (Å²) in [7, 11) is 0. The van der Waals surface area contributed by atoms with Gasteiger partial charge in [0.15, 0.2) is 5.69 Å². The smallest absolute Gasteiger partial charge is 0.273 e. The van der Waals surface area contributed by atoms with E-state index in [1.807, 2.05) is 0 Å². The van der Waals surface area contributed by atoms with E-state index < -0.39 is 11.6 Å². The summed E-state index contributed by atoms with van der Waals surface area (Å²) >= 11 is 0. The van der Waals surface area contributed by atoms with Crippen LogP contribution in [-0.2, 0) is 6.54 Å². The molecule has 1 fully saturated rings. The molecular weight excluding hydrogens is 328 g/mol. The second-order valence-corrected chi connectivity index (χ2v) is 6.14. The number of rotatable bonds is 6. The molecule has 8 heteroatoms. The van der Waals surface area contributed by atoms with Crippen LogP contribution in [0.15, 0.2) is 24.4 Å². The van der Waals surface area contributed by atoms with Gasteiger partial charge in [0.2, 0.25) is 0 Å². The molecule has 0 unspecified atom stereocenters. The van der Waals surface area contributed by atoms with Crippen molar-refractivity contribution >= 4 is 5.91 Å². The molecule has 1 amide bonds. The van der Waals surface area contributed by atoms with Gasteiger partial charge in [0.1, 0.15) is 11.6 Å². The van der Waals surface area contributed by atoms with Crippen LogP contribution in [0.3, 0.4) is 0 Å². The van der Waals surface area contributed by atoms with Crippen LogP contribution in [0.2, 0.25) is 0 Å². The molecule has 1 aromatic heterocycles. The Labute approximate surface area is 144 Å². The van der Waals surface area contributed by atoms with Crippen LogP contribution in [0, 0.1) is 11.6 Å². The Bertz CT molecular complexity index is 728. The van der Waals surface area contributed by atoms with Gasteiger partial charge in [-0.1, -0.05) is 18.2 Å². The first-order chi connectivity index (χ1) is 12.1. The lowest BCUT2D eigenvalue weighted by Gasteiger charge is -2.22. The topological polar surface area (TPSA) is 63.1 Å². The van der Waals surface area contributed by atoms with Gasteiger partial charge in [0.05, 0.1) is 12.7 Å². The van der Waals surface area contributed by atoms with Crippen molar-refractivity contribution in [1.82, 2.24) is 25.2 Å². The number of nitrogens with zero attached hydrogens (tertiary/aromatic N) is 4. The normalized spacial score (nSPS) is 17.8. The van der Waals surface area contributed by atoms with Crippen molar-refractivity contribution in [3.8, 4) is 0 Å². The van der Waals surface area contributed by atoms with E-state index in [9.17, 15) is 13.6 Å². The Morgan fingerprint density at radius 2 is 2.12 bits per heavy atom. The maximum Gasteiger partial charge on any atom is 0.273 e. The van der Waals surface area contributed by atoms with Crippen molar-refractivity contribution < 1.29 is 13.6 Å². The minimum Gasteiger partial charge on any atom is -0.349 e. The van der Waals surface area contributed by atoms with Gasteiger partial charge in [-0.05, 0) is 38.1 Å². The zero-order chi connectivity index (χ0) is 17.8. The third-order valence-corrected chi connectivity index (χ3v) is 4.56. The van der Waals surface area contributed by atoms with E-state index in [0.717, 1.165) is 25.9 Å².